The van der Waals surface area contributed by atoms with E-state index in [-0.39, 0.29) is 24.6 Å². The van der Waals surface area contributed by atoms with Crippen molar-refractivity contribution in [3.05, 3.63) is 94.8 Å². The number of methoxy groups -OCH3 is 1. The Hall–Kier alpha value is -4.64. The molecular weight excluding hydrogens is 451 g/mol. The molecule has 1 amide bonds. The fourth-order valence-corrected chi connectivity index (χ4v) is 3.08. The summed E-state index contributed by atoms with van der Waals surface area (Å²) in [6.07, 6.45) is 1.41. The Kier molecular flexibility index (Phi) is 8.57. The van der Waals surface area contributed by atoms with Gasteiger partial charge in [0, 0.05) is 11.3 Å². The van der Waals surface area contributed by atoms with Crippen LogP contribution in [-0.2, 0) is 16.1 Å². The highest BCUT2D eigenvalue weighted by Gasteiger charge is 2.13. The highest BCUT2D eigenvalue weighted by atomic mass is 19.1. The molecule has 8 heteroatoms. The van der Waals surface area contributed by atoms with Gasteiger partial charge >= 0.3 is 5.97 Å². The normalized spacial score (nSPS) is 10.7. The Bertz CT molecular complexity index is 1280. The molecule has 178 valence electrons. The van der Waals surface area contributed by atoms with E-state index >= 15 is 0 Å². The van der Waals surface area contributed by atoms with Gasteiger partial charge < -0.3 is 19.5 Å². The van der Waals surface area contributed by atoms with E-state index in [1.165, 1.54) is 31.4 Å². The topological polar surface area (TPSA) is 97.7 Å². The standard InChI is InChI=1S/C27H23FN2O5/c1-3-34-27(32)19-9-11-22(12-10-19)30-26(31)21(16-29)14-18-8-13-24(25(15-18)33-2)35-17-20-6-4-5-7-23(20)28/h4-15H,3,17H2,1-2H3,(H,30,31)/b21-14+. The minimum absolute atomic E-state index is 0.0129. The molecular formula is C27H23FN2O5. The first-order chi connectivity index (χ1) is 16.9. The highest BCUT2D eigenvalue weighted by molar-refractivity contribution is 6.09. The number of hydrogen-bond donors (Lipinski definition) is 1. The number of amides is 1. The first-order valence-electron chi connectivity index (χ1n) is 10.7. The van der Waals surface area contributed by atoms with Gasteiger partial charge in [0.05, 0.1) is 19.3 Å². The van der Waals surface area contributed by atoms with Crippen LogP contribution in [0.5, 0.6) is 11.5 Å². The van der Waals surface area contributed by atoms with E-state index < -0.39 is 11.9 Å². The van der Waals surface area contributed by atoms with Crippen LogP contribution in [0.4, 0.5) is 10.1 Å². The van der Waals surface area contributed by atoms with Gasteiger partial charge in [-0.25, -0.2) is 9.18 Å². The molecule has 0 bridgehead atoms. The van der Waals surface area contributed by atoms with Crippen molar-refractivity contribution in [2.45, 2.75) is 13.5 Å². The van der Waals surface area contributed by atoms with E-state index in [4.69, 9.17) is 14.2 Å². The van der Waals surface area contributed by atoms with Crippen LogP contribution in [0.2, 0.25) is 0 Å². The third-order valence-electron chi connectivity index (χ3n) is 4.86. The quantitative estimate of drug-likeness (QED) is 0.262. The smallest absolute Gasteiger partial charge is 0.338 e. The molecule has 0 aliphatic carbocycles. The van der Waals surface area contributed by atoms with E-state index in [0.717, 1.165) is 0 Å². The Labute approximate surface area is 202 Å². The minimum atomic E-state index is -0.616. The number of ether oxygens (including phenoxy) is 3. The zero-order valence-corrected chi connectivity index (χ0v) is 19.2. The molecule has 0 spiro atoms. The Morgan fingerprint density at radius 2 is 1.80 bits per heavy atom. The summed E-state index contributed by atoms with van der Waals surface area (Å²) in [6, 6.07) is 19.2. The molecule has 3 aromatic rings. The zero-order chi connectivity index (χ0) is 25.2. The molecule has 1 N–H and O–H groups in total. The molecule has 0 saturated heterocycles. The second kappa shape index (κ2) is 12.0. The van der Waals surface area contributed by atoms with Crippen LogP contribution in [0.3, 0.4) is 0 Å². The number of halogens is 1. The lowest BCUT2D eigenvalue weighted by Crippen LogP contribution is -2.13. The third kappa shape index (κ3) is 6.68. The summed E-state index contributed by atoms with van der Waals surface area (Å²) in [6.45, 7) is 1.99. The zero-order valence-electron chi connectivity index (χ0n) is 19.2. The lowest BCUT2D eigenvalue weighted by molar-refractivity contribution is -0.112. The first-order valence-corrected chi connectivity index (χ1v) is 10.7. The Balaban J connectivity index is 1.71. The number of rotatable bonds is 9. The number of esters is 1. The molecule has 0 aliphatic heterocycles. The molecule has 3 aromatic carbocycles. The van der Waals surface area contributed by atoms with E-state index in [0.29, 0.717) is 33.9 Å². The van der Waals surface area contributed by atoms with Crippen molar-refractivity contribution in [2.24, 2.45) is 0 Å². The van der Waals surface area contributed by atoms with Gasteiger partial charge in [0.15, 0.2) is 11.5 Å². The van der Waals surface area contributed by atoms with Gasteiger partial charge in [0.1, 0.15) is 24.1 Å². The SMILES string of the molecule is CCOC(=O)c1ccc(NC(=O)/C(C#N)=C/c2ccc(OCc3ccccc3F)c(OC)c2)cc1. The van der Waals surface area contributed by atoms with Gasteiger partial charge in [-0.1, -0.05) is 24.3 Å². The van der Waals surface area contributed by atoms with Crippen LogP contribution in [0.15, 0.2) is 72.3 Å². The summed E-state index contributed by atoms with van der Waals surface area (Å²) >= 11 is 0. The maximum absolute atomic E-state index is 13.8. The van der Waals surface area contributed by atoms with Crippen molar-refractivity contribution in [3.8, 4) is 17.6 Å². The summed E-state index contributed by atoms with van der Waals surface area (Å²) < 4.78 is 29.8. The van der Waals surface area contributed by atoms with Gasteiger partial charge in [-0.05, 0) is 61.0 Å². The predicted molar refractivity (Wildman–Crippen MR) is 128 cm³/mol. The second-order valence-electron chi connectivity index (χ2n) is 7.21. The number of nitriles is 1. The molecule has 0 unspecified atom stereocenters. The molecule has 0 saturated carbocycles. The Morgan fingerprint density at radius 1 is 1.06 bits per heavy atom. The molecule has 0 atom stereocenters. The van der Waals surface area contributed by atoms with Crippen LogP contribution in [-0.4, -0.2) is 25.6 Å². The van der Waals surface area contributed by atoms with Gasteiger partial charge in [0.2, 0.25) is 0 Å². The van der Waals surface area contributed by atoms with Crippen molar-refractivity contribution < 1.29 is 28.2 Å². The van der Waals surface area contributed by atoms with E-state index in [1.807, 2.05) is 6.07 Å². The van der Waals surface area contributed by atoms with Crippen molar-refractivity contribution >= 4 is 23.6 Å². The number of hydrogen-bond acceptors (Lipinski definition) is 6. The summed E-state index contributed by atoms with van der Waals surface area (Å²) in [5, 5.41) is 12.1. The Morgan fingerprint density at radius 3 is 2.46 bits per heavy atom. The average molecular weight is 474 g/mol. The predicted octanol–water partition coefficient (Wildman–Crippen LogP) is 5.14. The molecule has 0 radical (unpaired) electrons. The maximum Gasteiger partial charge on any atom is 0.338 e. The van der Waals surface area contributed by atoms with Gasteiger partial charge in [-0.15, -0.1) is 0 Å². The van der Waals surface area contributed by atoms with Crippen molar-refractivity contribution in [1.82, 2.24) is 0 Å². The first kappa shape index (κ1) is 25.0. The number of carbonyl (C=O) groups excluding carboxylic acids is 2. The van der Waals surface area contributed by atoms with E-state index in [1.54, 1.807) is 55.5 Å². The van der Waals surface area contributed by atoms with Crippen molar-refractivity contribution in [1.29, 1.82) is 5.26 Å². The summed E-state index contributed by atoms with van der Waals surface area (Å²) in [5.41, 5.74) is 1.56. The molecule has 3 rings (SSSR count). The number of benzene rings is 3. The molecule has 7 nitrogen and oxygen atoms in total. The molecule has 0 aromatic heterocycles. The monoisotopic (exact) mass is 474 g/mol. The highest BCUT2D eigenvalue weighted by Crippen LogP contribution is 2.30. The molecule has 35 heavy (non-hydrogen) atoms. The van der Waals surface area contributed by atoms with Crippen LogP contribution in [0, 0.1) is 17.1 Å². The lowest BCUT2D eigenvalue weighted by Gasteiger charge is -2.12. The summed E-state index contributed by atoms with van der Waals surface area (Å²) in [4.78, 5) is 24.3. The van der Waals surface area contributed by atoms with E-state index in [2.05, 4.69) is 5.32 Å². The largest absolute Gasteiger partial charge is 0.493 e. The number of nitrogens with one attached hydrogen (secondary N) is 1. The van der Waals surface area contributed by atoms with Gasteiger partial charge in [-0.3, -0.25) is 4.79 Å². The minimum Gasteiger partial charge on any atom is -0.493 e. The fourth-order valence-electron chi connectivity index (χ4n) is 3.08. The fraction of sp³-hybridized carbons (Fsp3) is 0.148. The van der Waals surface area contributed by atoms with Crippen LogP contribution >= 0.6 is 0 Å². The summed E-state index contributed by atoms with van der Waals surface area (Å²) in [7, 11) is 1.46. The number of carbonyl (C=O) groups is 2. The van der Waals surface area contributed by atoms with Crippen molar-refractivity contribution in [3.63, 3.8) is 0 Å². The average Bonchev–Trinajstić information content (AvgIpc) is 2.87. The van der Waals surface area contributed by atoms with Crippen LogP contribution < -0.4 is 14.8 Å². The number of anilines is 1. The number of nitrogens with zero attached hydrogens (tertiary/aromatic N) is 1. The summed E-state index contributed by atoms with van der Waals surface area (Å²) in [5.74, 6) is -0.695. The van der Waals surface area contributed by atoms with Gasteiger partial charge in [-0.2, -0.15) is 5.26 Å². The van der Waals surface area contributed by atoms with Gasteiger partial charge in [0.25, 0.3) is 5.91 Å². The lowest BCUT2D eigenvalue weighted by atomic mass is 10.1. The van der Waals surface area contributed by atoms with Crippen molar-refractivity contribution in [2.75, 3.05) is 19.0 Å². The molecule has 0 aliphatic rings. The second-order valence-corrected chi connectivity index (χ2v) is 7.21. The van der Waals surface area contributed by atoms with E-state index in [9.17, 15) is 19.2 Å². The molecule has 0 fully saturated rings. The van der Waals surface area contributed by atoms with Crippen LogP contribution in [0.1, 0.15) is 28.4 Å². The van der Waals surface area contributed by atoms with Crippen LogP contribution in [0.25, 0.3) is 6.08 Å². The third-order valence-corrected chi connectivity index (χ3v) is 4.86. The molecule has 0 heterocycles. The maximum atomic E-state index is 13.8.